The number of anilines is 1. The molecule has 4 rings (SSSR count). The van der Waals surface area contributed by atoms with Crippen LogP contribution in [0.5, 0.6) is 5.75 Å². The van der Waals surface area contributed by atoms with E-state index in [9.17, 15) is 14.7 Å². The number of hydrogen-bond acceptors (Lipinski definition) is 7. The second-order valence-electron chi connectivity index (χ2n) is 8.77. The molecule has 0 spiro atoms. The van der Waals surface area contributed by atoms with Crippen LogP contribution in [0.2, 0.25) is 0 Å². The Morgan fingerprint density at radius 2 is 1.97 bits per heavy atom. The number of nitrogens with one attached hydrogen (secondary N) is 1. The monoisotopic (exact) mass is 457 g/mol. The molecule has 1 aliphatic heterocycles. The Morgan fingerprint density at radius 1 is 1.24 bits per heavy atom. The van der Waals surface area contributed by atoms with Crippen LogP contribution in [-0.4, -0.2) is 63.2 Å². The summed E-state index contributed by atoms with van der Waals surface area (Å²) in [7, 11) is 1.56. The fourth-order valence-electron chi connectivity index (χ4n) is 4.09. The van der Waals surface area contributed by atoms with Crippen molar-refractivity contribution in [3.05, 3.63) is 50.2 Å². The second kappa shape index (κ2) is 9.40. The quantitative estimate of drug-likeness (QED) is 0.547. The van der Waals surface area contributed by atoms with Gasteiger partial charge in [-0.3, -0.25) is 14.3 Å². The van der Waals surface area contributed by atoms with Gasteiger partial charge in [-0.2, -0.15) is 4.98 Å². The van der Waals surface area contributed by atoms with Crippen molar-refractivity contribution < 1.29 is 14.6 Å². The number of aromatic amines is 1. The van der Waals surface area contributed by atoms with Gasteiger partial charge in [0.1, 0.15) is 18.5 Å². The van der Waals surface area contributed by atoms with Crippen LogP contribution < -0.4 is 20.9 Å². The lowest BCUT2D eigenvalue weighted by Crippen LogP contribution is -2.39. The van der Waals surface area contributed by atoms with Gasteiger partial charge < -0.3 is 24.0 Å². The smallest absolute Gasteiger partial charge is 0.329 e. The maximum atomic E-state index is 12.7. The zero-order chi connectivity index (χ0) is 23.7. The van der Waals surface area contributed by atoms with Gasteiger partial charge in [-0.15, -0.1) is 0 Å². The summed E-state index contributed by atoms with van der Waals surface area (Å²) in [5, 5.41) is 10.9. The van der Waals surface area contributed by atoms with Crippen molar-refractivity contribution in [1.82, 2.24) is 19.1 Å². The molecule has 1 saturated heterocycles. The summed E-state index contributed by atoms with van der Waals surface area (Å²) in [4.78, 5) is 33.7. The molecule has 2 N–H and O–H groups in total. The molecule has 178 valence electrons. The molecular formula is C23H31N5O5. The maximum absolute atomic E-state index is 12.7. The van der Waals surface area contributed by atoms with Crippen molar-refractivity contribution in [3.63, 3.8) is 0 Å². The summed E-state index contributed by atoms with van der Waals surface area (Å²) < 4.78 is 14.4. The van der Waals surface area contributed by atoms with E-state index in [2.05, 4.69) is 23.8 Å². The van der Waals surface area contributed by atoms with Crippen molar-refractivity contribution in [1.29, 1.82) is 0 Å². The van der Waals surface area contributed by atoms with Crippen LogP contribution in [0.15, 0.2) is 27.8 Å². The summed E-state index contributed by atoms with van der Waals surface area (Å²) in [6, 6.07) is 6.05. The van der Waals surface area contributed by atoms with Gasteiger partial charge in [0.2, 0.25) is 5.95 Å². The number of H-pyrrole nitrogens is 1. The third kappa shape index (κ3) is 4.67. The van der Waals surface area contributed by atoms with E-state index >= 15 is 0 Å². The minimum atomic E-state index is -0.903. The molecule has 0 radical (unpaired) electrons. The minimum Gasteiger partial charge on any atom is -0.491 e. The summed E-state index contributed by atoms with van der Waals surface area (Å²) in [6.45, 7) is 8.60. The van der Waals surface area contributed by atoms with Gasteiger partial charge in [0.25, 0.3) is 5.56 Å². The predicted octanol–water partition coefficient (Wildman–Crippen LogP) is 1.13. The lowest BCUT2D eigenvalue weighted by molar-refractivity contribution is 0.0921. The molecule has 1 atom stereocenters. The molecular weight excluding hydrogens is 426 g/mol. The number of imidazole rings is 1. The van der Waals surface area contributed by atoms with Crippen LogP contribution >= 0.6 is 0 Å². The molecule has 3 aromatic rings. The summed E-state index contributed by atoms with van der Waals surface area (Å²) in [5.74, 6) is 1.55. The van der Waals surface area contributed by atoms with Crippen molar-refractivity contribution in [2.45, 2.75) is 39.3 Å². The number of aryl methyl sites for hydroxylation is 2. The first-order chi connectivity index (χ1) is 15.8. The fourth-order valence-corrected chi connectivity index (χ4v) is 4.09. The van der Waals surface area contributed by atoms with Gasteiger partial charge in [0.05, 0.1) is 19.8 Å². The molecule has 1 aliphatic rings. The Labute approximate surface area is 191 Å². The average molecular weight is 458 g/mol. The molecule has 0 aliphatic carbocycles. The van der Waals surface area contributed by atoms with Crippen molar-refractivity contribution >= 4 is 17.1 Å². The van der Waals surface area contributed by atoms with E-state index in [0.29, 0.717) is 32.3 Å². The summed E-state index contributed by atoms with van der Waals surface area (Å²) in [6.07, 6.45) is -0.903. The number of aromatic nitrogens is 4. The highest BCUT2D eigenvalue weighted by Gasteiger charge is 2.24. The minimum absolute atomic E-state index is 0.0507. The maximum Gasteiger partial charge on any atom is 0.329 e. The van der Waals surface area contributed by atoms with E-state index in [1.54, 1.807) is 11.6 Å². The molecule has 10 heteroatoms. The highest BCUT2D eigenvalue weighted by molar-refractivity contribution is 5.74. The third-order valence-electron chi connectivity index (χ3n) is 5.90. The standard InChI is InChI=1S/C23H31N5O5/c1-14(2)17-6-5-15(3)11-18(17)33-13-16(29)12-28-19-20(26(4)23(31)25-21(19)30)24-22(28)27-7-9-32-10-8-27/h5-6,11,14,16,29H,7-10,12-13H2,1-4H3,(H,25,30,31)/t16-/m1/s1. The normalized spacial score (nSPS) is 15.4. The Kier molecular flexibility index (Phi) is 6.57. The predicted molar refractivity (Wildman–Crippen MR) is 125 cm³/mol. The largest absolute Gasteiger partial charge is 0.491 e. The lowest BCUT2D eigenvalue weighted by Gasteiger charge is -2.28. The lowest BCUT2D eigenvalue weighted by atomic mass is 10.0. The van der Waals surface area contributed by atoms with E-state index in [1.165, 1.54) is 4.57 Å². The Hall–Kier alpha value is -3.11. The molecule has 0 unspecified atom stereocenters. The number of fused-ring (bicyclic) bond motifs is 1. The highest BCUT2D eigenvalue weighted by atomic mass is 16.5. The molecule has 1 fully saturated rings. The molecule has 1 aromatic carbocycles. The molecule has 0 bridgehead atoms. The Balaban J connectivity index is 1.65. The van der Waals surface area contributed by atoms with E-state index in [-0.39, 0.29) is 30.2 Å². The summed E-state index contributed by atoms with van der Waals surface area (Å²) in [5.41, 5.74) is 1.60. The Morgan fingerprint density at radius 3 is 2.67 bits per heavy atom. The number of aliphatic hydroxyl groups excluding tert-OH is 1. The Bertz CT molecular complexity index is 1250. The molecule has 10 nitrogen and oxygen atoms in total. The zero-order valence-electron chi connectivity index (χ0n) is 19.5. The number of morpholine rings is 1. The van der Waals surface area contributed by atoms with Gasteiger partial charge in [0.15, 0.2) is 11.2 Å². The first-order valence-corrected chi connectivity index (χ1v) is 11.2. The van der Waals surface area contributed by atoms with E-state index < -0.39 is 17.4 Å². The van der Waals surface area contributed by atoms with Crippen LogP contribution in [-0.2, 0) is 18.3 Å². The highest BCUT2D eigenvalue weighted by Crippen LogP contribution is 2.28. The van der Waals surface area contributed by atoms with Crippen molar-refractivity contribution in [2.24, 2.45) is 7.05 Å². The van der Waals surface area contributed by atoms with Crippen LogP contribution in [0.3, 0.4) is 0 Å². The number of ether oxygens (including phenoxy) is 2. The SMILES string of the molecule is Cc1ccc(C(C)C)c(OC[C@H](O)Cn2c(N3CCOCC3)nc3c2c(=O)[nH]c(=O)n3C)c1. The van der Waals surface area contributed by atoms with E-state index in [1.807, 2.05) is 30.0 Å². The number of hydrogen-bond donors (Lipinski definition) is 2. The van der Waals surface area contributed by atoms with Gasteiger partial charge in [-0.25, -0.2) is 4.79 Å². The number of rotatable bonds is 7. The third-order valence-corrected chi connectivity index (χ3v) is 5.90. The molecule has 2 aromatic heterocycles. The van der Waals surface area contributed by atoms with Crippen LogP contribution in [0.25, 0.3) is 11.2 Å². The van der Waals surface area contributed by atoms with Gasteiger partial charge in [-0.05, 0) is 30.0 Å². The van der Waals surface area contributed by atoms with Crippen molar-refractivity contribution in [2.75, 3.05) is 37.8 Å². The van der Waals surface area contributed by atoms with E-state index in [4.69, 9.17) is 9.47 Å². The first kappa shape index (κ1) is 23.1. The molecule has 33 heavy (non-hydrogen) atoms. The second-order valence-corrected chi connectivity index (χ2v) is 8.77. The fraction of sp³-hybridized carbons (Fsp3) is 0.522. The zero-order valence-corrected chi connectivity index (χ0v) is 19.5. The number of aliphatic hydroxyl groups is 1. The first-order valence-electron chi connectivity index (χ1n) is 11.2. The summed E-state index contributed by atoms with van der Waals surface area (Å²) >= 11 is 0. The van der Waals surface area contributed by atoms with Gasteiger partial charge in [-0.1, -0.05) is 26.0 Å². The topological polar surface area (TPSA) is 115 Å². The van der Waals surface area contributed by atoms with Crippen LogP contribution in [0.4, 0.5) is 5.95 Å². The van der Waals surface area contributed by atoms with Crippen LogP contribution in [0.1, 0.15) is 30.9 Å². The van der Waals surface area contributed by atoms with E-state index in [0.717, 1.165) is 16.9 Å². The number of benzene rings is 1. The van der Waals surface area contributed by atoms with Gasteiger partial charge >= 0.3 is 5.69 Å². The average Bonchev–Trinajstić information content (AvgIpc) is 3.16. The molecule has 3 heterocycles. The molecule has 0 saturated carbocycles. The number of nitrogens with zero attached hydrogens (tertiary/aromatic N) is 4. The van der Waals surface area contributed by atoms with Crippen molar-refractivity contribution in [3.8, 4) is 5.75 Å². The molecule has 0 amide bonds. The van der Waals surface area contributed by atoms with Gasteiger partial charge in [0, 0.05) is 20.1 Å². The van der Waals surface area contributed by atoms with Crippen LogP contribution in [0, 0.1) is 6.92 Å².